The first-order chi connectivity index (χ1) is 16.9. The lowest BCUT2D eigenvalue weighted by molar-refractivity contribution is 0.0871. The third-order valence-corrected chi connectivity index (χ3v) is 6.70. The first kappa shape index (κ1) is 25.4. The Morgan fingerprint density at radius 3 is 2.71 bits per heavy atom. The molecule has 0 saturated carbocycles. The van der Waals surface area contributed by atoms with Crippen molar-refractivity contribution in [3.63, 3.8) is 0 Å². The summed E-state index contributed by atoms with van der Waals surface area (Å²) < 4.78 is 14.0. The zero-order valence-electron chi connectivity index (χ0n) is 20.9. The molecule has 1 N–H and O–H groups in total. The summed E-state index contributed by atoms with van der Waals surface area (Å²) in [6.45, 7) is 8.64. The number of ether oxygens (including phenoxy) is 2. The Morgan fingerprint density at radius 2 is 1.97 bits per heavy atom. The van der Waals surface area contributed by atoms with Gasteiger partial charge < -0.3 is 19.4 Å². The first-order valence-electron chi connectivity index (χ1n) is 12.5. The van der Waals surface area contributed by atoms with Crippen molar-refractivity contribution in [1.29, 1.82) is 0 Å². The van der Waals surface area contributed by atoms with Crippen LogP contribution in [0.1, 0.15) is 43.5 Å². The summed E-state index contributed by atoms with van der Waals surface area (Å²) in [5.41, 5.74) is 1.68. The molecular weight excluding hydrogens is 462 g/mol. The summed E-state index contributed by atoms with van der Waals surface area (Å²) in [5, 5.41) is 4.70. The van der Waals surface area contributed by atoms with Gasteiger partial charge in [0.25, 0.3) is 5.91 Å². The fourth-order valence-electron chi connectivity index (χ4n) is 4.72. The van der Waals surface area contributed by atoms with Crippen LogP contribution in [0.2, 0.25) is 5.02 Å². The van der Waals surface area contributed by atoms with Crippen molar-refractivity contribution < 1.29 is 14.3 Å². The Balaban J connectivity index is 1.40. The third-order valence-electron chi connectivity index (χ3n) is 6.45. The van der Waals surface area contributed by atoms with Gasteiger partial charge in [0.15, 0.2) is 0 Å². The average Bonchev–Trinajstić information content (AvgIpc) is 3.23. The van der Waals surface area contributed by atoms with Gasteiger partial charge in [0, 0.05) is 36.2 Å². The number of nitrogens with one attached hydrogen (secondary N) is 1. The Morgan fingerprint density at radius 1 is 1.17 bits per heavy atom. The molecule has 1 atom stereocenters. The van der Waals surface area contributed by atoms with E-state index < -0.39 is 0 Å². The molecule has 6 nitrogen and oxygen atoms in total. The summed E-state index contributed by atoms with van der Waals surface area (Å²) in [4.78, 5) is 15.4. The number of methoxy groups -OCH3 is 1. The van der Waals surface area contributed by atoms with E-state index >= 15 is 0 Å². The number of fused-ring (bicyclic) bond motifs is 1. The maximum Gasteiger partial charge on any atom is 0.253 e. The molecule has 1 amide bonds. The van der Waals surface area contributed by atoms with Crippen LogP contribution in [-0.2, 0) is 6.54 Å². The fourth-order valence-corrected chi connectivity index (χ4v) is 4.85. The van der Waals surface area contributed by atoms with Gasteiger partial charge in [0.05, 0.1) is 18.2 Å². The molecule has 0 bridgehead atoms. The number of aromatic nitrogens is 1. The van der Waals surface area contributed by atoms with Gasteiger partial charge in [-0.2, -0.15) is 0 Å². The number of carbonyl (C=O) groups excluding carboxylic acids is 1. The molecule has 1 fully saturated rings. The number of benzene rings is 2. The number of nitrogens with zero attached hydrogens (tertiary/aromatic N) is 2. The average molecular weight is 498 g/mol. The molecule has 1 unspecified atom stereocenters. The molecule has 1 aromatic heterocycles. The molecule has 1 aliphatic heterocycles. The second-order valence-electron chi connectivity index (χ2n) is 9.69. The molecule has 0 radical (unpaired) electrons. The highest BCUT2D eigenvalue weighted by molar-refractivity contribution is 6.30. The van der Waals surface area contributed by atoms with Crippen molar-refractivity contribution >= 4 is 28.4 Å². The molecule has 1 aliphatic rings. The minimum Gasteiger partial charge on any atom is -0.495 e. The molecule has 2 aromatic carbocycles. The number of hydrogen-bond donors (Lipinski definition) is 1. The number of halogens is 1. The van der Waals surface area contributed by atoms with Crippen LogP contribution in [0.15, 0.2) is 48.7 Å². The zero-order chi connectivity index (χ0) is 24.8. The number of aryl methyl sites for hydroxylation is 1. The van der Waals surface area contributed by atoms with Crippen molar-refractivity contribution in [3.05, 3.63) is 59.2 Å². The van der Waals surface area contributed by atoms with E-state index in [4.69, 9.17) is 21.1 Å². The lowest BCUT2D eigenvalue weighted by Gasteiger charge is -2.33. The first-order valence-corrected chi connectivity index (χ1v) is 12.9. The smallest absolute Gasteiger partial charge is 0.253 e. The number of likely N-dealkylation sites (tertiary alicyclic amines) is 1. The standard InChI is InChI=1S/C28H36ClN3O3/c1-20(2)17-30-28(33)25-19-32(27-24(25)8-4-9-26(27)34-3)16-6-15-31-14-5-7-23(18-31)35-22-12-10-21(29)11-13-22/h4,8-13,19-20,23H,5-7,14-18H2,1-3H3,(H,30,33). The molecule has 3 aromatic rings. The van der Waals surface area contributed by atoms with Crippen LogP contribution in [0.5, 0.6) is 11.5 Å². The minimum atomic E-state index is -0.0334. The Hall–Kier alpha value is -2.70. The van der Waals surface area contributed by atoms with Crippen LogP contribution in [0, 0.1) is 5.92 Å². The second-order valence-corrected chi connectivity index (χ2v) is 10.1. The van der Waals surface area contributed by atoms with Crippen molar-refractivity contribution in [2.24, 2.45) is 5.92 Å². The van der Waals surface area contributed by atoms with Gasteiger partial charge in [-0.3, -0.25) is 9.69 Å². The zero-order valence-corrected chi connectivity index (χ0v) is 21.7. The molecule has 4 rings (SSSR count). The second kappa shape index (κ2) is 11.8. The number of carbonyl (C=O) groups is 1. The minimum absolute atomic E-state index is 0.0334. The van der Waals surface area contributed by atoms with Gasteiger partial charge in [0.2, 0.25) is 0 Å². The number of hydrogen-bond acceptors (Lipinski definition) is 4. The van der Waals surface area contributed by atoms with Gasteiger partial charge in [0.1, 0.15) is 17.6 Å². The highest BCUT2D eigenvalue weighted by Gasteiger charge is 2.22. The summed E-state index contributed by atoms with van der Waals surface area (Å²) in [7, 11) is 1.68. The highest BCUT2D eigenvalue weighted by Crippen LogP contribution is 2.30. The van der Waals surface area contributed by atoms with Crippen LogP contribution < -0.4 is 14.8 Å². The summed E-state index contributed by atoms with van der Waals surface area (Å²) >= 11 is 5.99. The number of piperidine rings is 1. The van der Waals surface area contributed by atoms with E-state index in [1.807, 2.05) is 48.7 Å². The molecule has 2 heterocycles. The number of amides is 1. The summed E-state index contributed by atoms with van der Waals surface area (Å²) in [6.07, 6.45) is 5.33. The maximum atomic E-state index is 12.9. The quantitative estimate of drug-likeness (QED) is 0.395. The van der Waals surface area contributed by atoms with Crippen LogP contribution in [0.3, 0.4) is 0 Å². The maximum absolute atomic E-state index is 12.9. The molecular formula is C28H36ClN3O3. The van der Waals surface area contributed by atoms with Crippen LogP contribution in [-0.4, -0.2) is 54.8 Å². The molecule has 35 heavy (non-hydrogen) atoms. The Labute approximate surface area is 213 Å². The fraction of sp³-hybridized carbons (Fsp3) is 0.464. The topological polar surface area (TPSA) is 55.7 Å². The van der Waals surface area contributed by atoms with Gasteiger partial charge in [-0.25, -0.2) is 0 Å². The van der Waals surface area contributed by atoms with Gasteiger partial charge in [-0.05, 0) is 68.6 Å². The summed E-state index contributed by atoms with van der Waals surface area (Å²) in [6, 6.07) is 13.5. The summed E-state index contributed by atoms with van der Waals surface area (Å²) in [5.74, 6) is 2.03. The highest BCUT2D eigenvalue weighted by atomic mass is 35.5. The van der Waals surface area contributed by atoms with Crippen molar-refractivity contribution in [1.82, 2.24) is 14.8 Å². The van der Waals surface area contributed by atoms with E-state index in [1.165, 1.54) is 0 Å². The predicted molar refractivity (Wildman–Crippen MR) is 142 cm³/mol. The number of rotatable bonds is 10. The van der Waals surface area contributed by atoms with Crippen LogP contribution in [0.4, 0.5) is 0 Å². The lowest BCUT2D eigenvalue weighted by Crippen LogP contribution is -2.41. The Bertz CT molecular complexity index is 1130. The molecule has 188 valence electrons. The SMILES string of the molecule is COc1cccc2c(C(=O)NCC(C)C)cn(CCCN3CCCC(Oc4ccc(Cl)cc4)C3)c12. The molecule has 0 spiro atoms. The van der Waals surface area contributed by atoms with Crippen LogP contribution >= 0.6 is 11.6 Å². The molecule has 7 heteroatoms. The Kier molecular flexibility index (Phi) is 8.58. The van der Waals surface area contributed by atoms with E-state index in [1.54, 1.807) is 7.11 Å². The lowest BCUT2D eigenvalue weighted by atomic mass is 10.1. The number of para-hydroxylation sites is 1. The van der Waals surface area contributed by atoms with E-state index in [-0.39, 0.29) is 12.0 Å². The van der Waals surface area contributed by atoms with E-state index in [0.29, 0.717) is 18.0 Å². The van der Waals surface area contributed by atoms with E-state index in [2.05, 4.69) is 28.6 Å². The van der Waals surface area contributed by atoms with E-state index in [0.717, 1.165) is 72.9 Å². The van der Waals surface area contributed by atoms with E-state index in [9.17, 15) is 4.79 Å². The van der Waals surface area contributed by atoms with Crippen LogP contribution in [0.25, 0.3) is 10.9 Å². The van der Waals surface area contributed by atoms with Crippen molar-refractivity contribution in [3.8, 4) is 11.5 Å². The van der Waals surface area contributed by atoms with Gasteiger partial charge in [-0.1, -0.05) is 37.6 Å². The molecule has 1 saturated heterocycles. The van der Waals surface area contributed by atoms with Gasteiger partial charge in [-0.15, -0.1) is 0 Å². The monoisotopic (exact) mass is 497 g/mol. The van der Waals surface area contributed by atoms with Gasteiger partial charge >= 0.3 is 0 Å². The molecule has 0 aliphatic carbocycles. The predicted octanol–water partition coefficient (Wildman–Crippen LogP) is 5.62. The normalized spacial score (nSPS) is 16.5. The third kappa shape index (κ3) is 6.50. The largest absolute Gasteiger partial charge is 0.495 e. The van der Waals surface area contributed by atoms with Crippen molar-refractivity contribution in [2.45, 2.75) is 45.8 Å². The van der Waals surface area contributed by atoms with Crippen molar-refractivity contribution in [2.75, 3.05) is 33.3 Å².